The van der Waals surface area contributed by atoms with E-state index in [1.165, 1.54) is 11.8 Å². The quantitative estimate of drug-likeness (QED) is 0.469. The van der Waals surface area contributed by atoms with Crippen molar-refractivity contribution in [3.63, 3.8) is 0 Å². The molecule has 1 atom stereocenters. The highest BCUT2D eigenvalue weighted by molar-refractivity contribution is 7.99. The van der Waals surface area contributed by atoms with Crippen LogP contribution < -0.4 is 5.73 Å². The lowest BCUT2D eigenvalue weighted by Crippen LogP contribution is -2.32. The molecule has 0 amide bonds. The zero-order valence-corrected chi connectivity index (χ0v) is 7.15. The number of carboxylic acids is 1. The number of thioether (sulfide) groups is 1. The maximum Gasteiger partial charge on any atom is 0.321 e. The van der Waals surface area contributed by atoms with E-state index < -0.39 is 12.0 Å². The lowest BCUT2D eigenvalue weighted by atomic mass is 10.4. The van der Waals surface area contributed by atoms with Crippen LogP contribution in [0.4, 0.5) is 0 Å². The molecule has 0 bridgehead atoms. The monoisotopic (exact) mass is 173 g/mol. The molecule has 3 nitrogen and oxygen atoms in total. The van der Waals surface area contributed by atoms with Crippen LogP contribution in [0.25, 0.3) is 0 Å². The van der Waals surface area contributed by atoms with Gasteiger partial charge in [-0.25, -0.2) is 0 Å². The van der Waals surface area contributed by atoms with E-state index in [0.717, 1.165) is 0 Å². The summed E-state index contributed by atoms with van der Waals surface area (Å²) < 4.78 is 0. The SMILES string of the molecule is CC#CCSC[C@@H](N)C(=O)O. The first-order valence-electron chi connectivity index (χ1n) is 3.14. The van der Waals surface area contributed by atoms with E-state index in [0.29, 0.717) is 11.5 Å². The fourth-order valence-corrected chi connectivity index (χ4v) is 1.14. The van der Waals surface area contributed by atoms with Gasteiger partial charge in [-0.05, 0) is 6.92 Å². The van der Waals surface area contributed by atoms with Crippen LogP contribution in [-0.2, 0) is 4.79 Å². The minimum atomic E-state index is -0.957. The first kappa shape index (κ1) is 10.3. The van der Waals surface area contributed by atoms with Gasteiger partial charge in [0, 0.05) is 5.75 Å². The minimum absolute atomic E-state index is 0.421. The van der Waals surface area contributed by atoms with Crippen molar-refractivity contribution in [1.82, 2.24) is 0 Å². The Labute approximate surface area is 70.3 Å². The maximum absolute atomic E-state index is 10.2. The molecule has 0 aliphatic heterocycles. The number of hydrogen-bond acceptors (Lipinski definition) is 3. The van der Waals surface area contributed by atoms with Gasteiger partial charge in [0.2, 0.25) is 0 Å². The Balaban J connectivity index is 3.36. The normalized spacial score (nSPS) is 11.5. The van der Waals surface area contributed by atoms with Crippen molar-refractivity contribution in [2.75, 3.05) is 11.5 Å². The molecule has 0 spiro atoms. The molecule has 0 radical (unpaired) electrons. The smallest absolute Gasteiger partial charge is 0.321 e. The summed E-state index contributed by atoms with van der Waals surface area (Å²) in [7, 11) is 0. The minimum Gasteiger partial charge on any atom is -0.480 e. The number of rotatable bonds is 4. The van der Waals surface area contributed by atoms with Gasteiger partial charge < -0.3 is 10.8 Å². The Bertz CT molecular complexity index is 183. The molecule has 3 N–H and O–H groups in total. The molecule has 0 saturated carbocycles. The van der Waals surface area contributed by atoms with Crippen LogP contribution in [0.15, 0.2) is 0 Å². The van der Waals surface area contributed by atoms with Crippen LogP contribution in [0.1, 0.15) is 6.92 Å². The molecule has 0 aromatic heterocycles. The molecule has 0 fully saturated rings. The molecular weight excluding hydrogens is 162 g/mol. The Kier molecular flexibility index (Phi) is 5.71. The van der Waals surface area contributed by atoms with Gasteiger partial charge in [0.1, 0.15) is 6.04 Å². The van der Waals surface area contributed by atoms with Gasteiger partial charge in [0.15, 0.2) is 0 Å². The molecular formula is C7H11NO2S. The van der Waals surface area contributed by atoms with Crippen LogP contribution in [0.3, 0.4) is 0 Å². The molecule has 62 valence electrons. The van der Waals surface area contributed by atoms with Crippen LogP contribution >= 0.6 is 11.8 Å². The van der Waals surface area contributed by atoms with Gasteiger partial charge >= 0.3 is 5.97 Å². The summed E-state index contributed by atoms with van der Waals surface area (Å²) in [6.45, 7) is 1.75. The third kappa shape index (κ3) is 5.77. The van der Waals surface area contributed by atoms with Crippen molar-refractivity contribution in [3.05, 3.63) is 0 Å². The van der Waals surface area contributed by atoms with Crippen LogP contribution in [0, 0.1) is 11.8 Å². The van der Waals surface area contributed by atoms with Gasteiger partial charge in [-0.3, -0.25) is 4.79 Å². The molecule has 0 rings (SSSR count). The topological polar surface area (TPSA) is 63.3 Å². The van der Waals surface area contributed by atoms with Gasteiger partial charge in [0.25, 0.3) is 0 Å². The summed E-state index contributed by atoms with van der Waals surface area (Å²) in [6.07, 6.45) is 0. The van der Waals surface area contributed by atoms with E-state index in [4.69, 9.17) is 10.8 Å². The molecule has 0 saturated heterocycles. The van der Waals surface area contributed by atoms with E-state index in [9.17, 15) is 4.79 Å². The highest BCUT2D eigenvalue weighted by Crippen LogP contribution is 1.99. The molecule has 0 heterocycles. The van der Waals surface area contributed by atoms with E-state index >= 15 is 0 Å². The molecule has 0 aliphatic carbocycles. The highest BCUT2D eigenvalue weighted by atomic mass is 32.2. The van der Waals surface area contributed by atoms with E-state index in [1.807, 2.05) is 0 Å². The summed E-state index contributed by atoms with van der Waals surface area (Å²) >= 11 is 1.43. The molecule has 0 unspecified atom stereocenters. The Morgan fingerprint density at radius 3 is 2.91 bits per heavy atom. The summed E-state index contributed by atoms with van der Waals surface area (Å²) in [4.78, 5) is 10.2. The van der Waals surface area contributed by atoms with E-state index in [1.54, 1.807) is 6.92 Å². The number of hydrogen-bond donors (Lipinski definition) is 2. The summed E-state index contributed by atoms with van der Waals surface area (Å²) in [5, 5.41) is 8.36. The molecule has 0 aliphatic rings. The van der Waals surface area contributed by atoms with Crippen molar-refractivity contribution in [1.29, 1.82) is 0 Å². The summed E-state index contributed by atoms with van der Waals surface area (Å²) in [5.41, 5.74) is 5.23. The second-order valence-corrected chi connectivity index (χ2v) is 2.92. The van der Waals surface area contributed by atoms with Gasteiger partial charge in [0.05, 0.1) is 5.75 Å². The fourth-order valence-electron chi connectivity index (χ4n) is 0.380. The maximum atomic E-state index is 10.2. The summed E-state index contributed by atoms with van der Waals surface area (Å²) in [5.74, 6) is 5.63. The first-order valence-corrected chi connectivity index (χ1v) is 4.29. The first-order chi connectivity index (χ1) is 5.18. The molecule has 0 aromatic rings. The van der Waals surface area contributed by atoms with Gasteiger partial charge in [-0.2, -0.15) is 0 Å². The second kappa shape index (κ2) is 6.08. The largest absolute Gasteiger partial charge is 0.480 e. The standard InChI is InChI=1S/C7H11NO2S/c1-2-3-4-11-5-6(8)7(9)10/h6H,4-5,8H2,1H3,(H,9,10)/t6-/m1/s1. The highest BCUT2D eigenvalue weighted by Gasteiger charge is 2.09. The van der Waals surface area contributed by atoms with Crippen molar-refractivity contribution < 1.29 is 9.90 Å². The van der Waals surface area contributed by atoms with Crippen molar-refractivity contribution >= 4 is 17.7 Å². The molecule has 4 heteroatoms. The lowest BCUT2D eigenvalue weighted by molar-refractivity contribution is -0.137. The predicted molar refractivity (Wildman–Crippen MR) is 46.4 cm³/mol. The number of aliphatic carboxylic acids is 1. The van der Waals surface area contributed by atoms with E-state index in [2.05, 4.69) is 11.8 Å². The van der Waals surface area contributed by atoms with Crippen LogP contribution in [0.2, 0.25) is 0 Å². The zero-order valence-electron chi connectivity index (χ0n) is 6.33. The average Bonchev–Trinajstić information content (AvgIpc) is 1.97. The Hall–Kier alpha value is -0.660. The number of nitrogens with two attached hydrogens (primary N) is 1. The molecule has 11 heavy (non-hydrogen) atoms. The third-order valence-corrected chi connectivity index (χ3v) is 1.91. The predicted octanol–water partition coefficient (Wildman–Crippen LogP) is 0.155. The van der Waals surface area contributed by atoms with Gasteiger partial charge in [-0.1, -0.05) is 5.92 Å². The van der Waals surface area contributed by atoms with Gasteiger partial charge in [-0.15, -0.1) is 17.7 Å². The average molecular weight is 173 g/mol. The summed E-state index contributed by atoms with van der Waals surface area (Å²) in [6, 6.07) is -0.765. The second-order valence-electron chi connectivity index (χ2n) is 1.89. The lowest BCUT2D eigenvalue weighted by Gasteiger charge is -2.02. The molecule has 0 aromatic carbocycles. The van der Waals surface area contributed by atoms with Crippen molar-refractivity contribution in [3.8, 4) is 11.8 Å². The Morgan fingerprint density at radius 2 is 2.45 bits per heavy atom. The Morgan fingerprint density at radius 1 is 1.82 bits per heavy atom. The van der Waals surface area contributed by atoms with Crippen LogP contribution in [-0.4, -0.2) is 28.6 Å². The third-order valence-electron chi connectivity index (χ3n) is 0.966. The number of carbonyl (C=O) groups is 1. The van der Waals surface area contributed by atoms with Crippen molar-refractivity contribution in [2.24, 2.45) is 5.73 Å². The number of carboxylic acid groups (broad SMARTS) is 1. The van der Waals surface area contributed by atoms with Crippen LogP contribution in [0.5, 0.6) is 0 Å². The fraction of sp³-hybridized carbons (Fsp3) is 0.571. The van der Waals surface area contributed by atoms with Crippen molar-refractivity contribution in [2.45, 2.75) is 13.0 Å². The zero-order chi connectivity index (χ0) is 8.69. The van der Waals surface area contributed by atoms with E-state index in [-0.39, 0.29) is 0 Å².